The lowest BCUT2D eigenvalue weighted by atomic mass is 9.85. The van der Waals surface area contributed by atoms with Crippen LogP contribution in [0.25, 0.3) is 0 Å². The Bertz CT molecular complexity index is 823. The number of hydrogen-bond donors (Lipinski definition) is 1. The van der Waals surface area contributed by atoms with Gasteiger partial charge < -0.3 is 5.11 Å². The van der Waals surface area contributed by atoms with Crippen LogP contribution in [0.5, 0.6) is 0 Å². The fourth-order valence-corrected chi connectivity index (χ4v) is 5.35. The quantitative estimate of drug-likeness (QED) is 0.662. The van der Waals surface area contributed by atoms with Crippen molar-refractivity contribution in [2.24, 2.45) is 29.1 Å². The van der Waals surface area contributed by atoms with Gasteiger partial charge in [0.1, 0.15) is 0 Å². The van der Waals surface area contributed by atoms with Crippen LogP contribution in [-0.2, 0) is 9.59 Å². The summed E-state index contributed by atoms with van der Waals surface area (Å²) >= 11 is 5.89. The van der Waals surface area contributed by atoms with Crippen LogP contribution in [-0.4, -0.2) is 22.9 Å². The number of carboxylic acids is 1. The van der Waals surface area contributed by atoms with E-state index in [-0.39, 0.29) is 51.5 Å². The Kier molecular flexibility index (Phi) is 2.53. The fourth-order valence-electron chi connectivity index (χ4n) is 5.15. The minimum absolute atomic E-state index is 0.0872. The first-order valence-electron chi connectivity index (χ1n) is 8.05. The van der Waals surface area contributed by atoms with Crippen LogP contribution in [0.2, 0.25) is 5.02 Å². The molecule has 1 aromatic carbocycles. The Morgan fingerprint density at radius 2 is 1.71 bits per heavy atom. The molecule has 0 radical (unpaired) electrons. The molecule has 5 nitrogen and oxygen atoms in total. The Balaban J connectivity index is 1.56. The molecule has 2 bridgehead atoms. The average Bonchev–Trinajstić information content (AvgIpc) is 3.14. The van der Waals surface area contributed by atoms with Crippen LogP contribution >= 0.6 is 11.6 Å². The number of benzene rings is 1. The number of rotatable bonds is 2. The number of aromatic carboxylic acids is 1. The molecule has 4 aliphatic rings. The fraction of sp³-hybridized carbons (Fsp3) is 0.389. The van der Waals surface area contributed by atoms with Crippen LogP contribution in [0.1, 0.15) is 23.2 Å². The summed E-state index contributed by atoms with van der Waals surface area (Å²) in [5.74, 6) is -1.86. The molecule has 1 spiro atoms. The predicted molar refractivity (Wildman–Crippen MR) is 85.7 cm³/mol. The first-order chi connectivity index (χ1) is 11.5. The zero-order valence-electron chi connectivity index (χ0n) is 12.6. The normalized spacial score (nSPS) is 34.3. The van der Waals surface area contributed by atoms with E-state index in [1.165, 1.54) is 23.1 Å². The predicted octanol–water partition coefficient (Wildman–Crippen LogP) is 2.74. The molecule has 24 heavy (non-hydrogen) atoms. The number of carbonyl (C=O) groups is 3. The standard InChI is InChI=1S/C18H14ClNO4/c19-12-4-1-8(7-9(12)17(23)24)20-15(21)13-10-2-3-11(14(13)16(20)22)18(10)5-6-18/h1-4,7,10-11,13-14H,5-6H2,(H,23,24)/t10-,11-,13-,14-/m1/s1. The highest BCUT2D eigenvalue weighted by Crippen LogP contribution is 2.73. The second-order valence-electron chi connectivity index (χ2n) is 7.20. The highest BCUT2D eigenvalue weighted by molar-refractivity contribution is 6.34. The SMILES string of the molecule is O=C(O)c1cc(N2C(=O)[C@H]3[C@H](C2=O)[C@H]2C=C[C@H]3C23CC3)ccc1Cl. The van der Waals surface area contributed by atoms with Crippen molar-refractivity contribution in [3.05, 3.63) is 40.9 Å². The highest BCUT2D eigenvalue weighted by Gasteiger charge is 2.73. The number of anilines is 1. The second kappa shape index (κ2) is 4.28. The lowest BCUT2D eigenvalue weighted by Crippen LogP contribution is -2.34. The van der Waals surface area contributed by atoms with Gasteiger partial charge in [-0.05, 0) is 48.3 Å². The Hall–Kier alpha value is -2.14. The van der Waals surface area contributed by atoms with Crippen molar-refractivity contribution >= 4 is 35.1 Å². The van der Waals surface area contributed by atoms with Gasteiger partial charge in [0.2, 0.25) is 11.8 Å². The number of carbonyl (C=O) groups excluding carboxylic acids is 2. The van der Waals surface area contributed by atoms with Gasteiger partial charge in [-0.25, -0.2) is 9.69 Å². The van der Waals surface area contributed by atoms with Crippen LogP contribution in [0.15, 0.2) is 30.4 Å². The third-order valence-electron chi connectivity index (χ3n) is 6.29. The van der Waals surface area contributed by atoms with Gasteiger partial charge in [-0.3, -0.25) is 9.59 Å². The largest absolute Gasteiger partial charge is 0.478 e. The lowest BCUT2D eigenvalue weighted by molar-refractivity contribution is -0.123. The molecule has 5 rings (SSSR count). The Morgan fingerprint density at radius 1 is 1.12 bits per heavy atom. The first kappa shape index (κ1) is 14.2. The van der Waals surface area contributed by atoms with Gasteiger partial charge in [0, 0.05) is 0 Å². The van der Waals surface area contributed by atoms with Gasteiger partial charge in [0.05, 0.1) is 28.1 Å². The van der Waals surface area contributed by atoms with Crippen molar-refractivity contribution in [3.63, 3.8) is 0 Å². The molecule has 1 saturated heterocycles. The van der Waals surface area contributed by atoms with Gasteiger partial charge in [-0.15, -0.1) is 0 Å². The molecule has 122 valence electrons. The smallest absolute Gasteiger partial charge is 0.337 e. The summed E-state index contributed by atoms with van der Waals surface area (Å²) in [7, 11) is 0. The molecule has 6 heteroatoms. The van der Waals surface area contributed by atoms with Gasteiger partial charge in [0.25, 0.3) is 0 Å². The number of amides is 2. The molecular formula is C18H14ClNO4. The molecule has 2 saturated carbocycles. The zero-order chi connectivity index (χ0) is 16.8. The van der Waals surface area contributed by atoms with Gasteiger partial charge >= 0.3 is 5.97 Å². The molecule has 0 unspecified atom stereocenters. The van der Waals surface area contributed by atoms with Crippen LogP contribution < -0.4 is 4.90 Å². The van der Waals surface area contributed by atoms with E-state index in [0.717, 1.165) is 12.8 Å². The van der Waals surface area contributed by atoms with Crippen LogP contribution in [0.4, 0.5) is 5.69 Å². The summed E-state index contributed by atoms with van der Waals surface area (Å²) in [5, 5.41) is 9.30. The average molecular weight is 344 g/mol. The first-order valence-corrected chi connectivity index (χ1v) is 8.42. The van der Waals surface area contributed by atoms with E-state index in [4.69, 9.17) is 11.6 Å². The summed E-state index contributed by atoms with van der Waals surface area (Å²) < 4.78 is 0. The maximum Gasteiger partial charge on any atom is 0.337 e. The van der Waals surface area contributed by atoms with Gasteiger partial charge in [-0.2, -0.15) is 0 Å². The summed E-state index contributed by atoms with van der Waals surface area (Å²) in [6, 6.07) is 4.27. The van der Waals surface area contributed by atoms with E-state index < -0.39 is 5.97 Å². The van der Waals surface area contributed by atoms with E-state index in [1.807, 2.05) is 0 Å². The lowest BCUT2D eigenvalue weighted by Gasteiger charge is -2.22. The number of allylic oxidation sites excluding steroid dienone is 2. The number of hydrogen-bond acceptors (Lipinski definition) is 3. The zero-order valence-corrected chi connectivity index (χ0v) is 13.4. The minimum atomic E-state index is -1.18. The van der Waals surface area contributed by atoms with Gasteiger partial charge in [-0.1, -0.05) is 23.8 Å². The summed E-state index contributed by atoms with van der Waals surface area (Å²) in [6.45, 7) is 0. The molecule has 1 heterocycles. The summed E-state index contributed by atoms with van der Waals surface area (Å²) in [4.78, 5) is 38.4. The van der Waals surface area contributed by atoms with E-state index in [9.17, 15) is 19.5 Å². The summed E-state index contributed by atoms with van der Waals surface area (Å²) in [5.41, 5.74) is 0.343. The van der Waals surface area contributed by atoms with E-state index in [1.54, 1.807) is 0 Å². The molecule has 3 aliphatic carbocycles. The number of fused-ring (bicyclic) bond motifs is 3. The second-order valence-corrected chi connectivity index (χ2v) is 7.61. The maximum absolute atomic E-state index is 13.0. The van der Waals surface area contributed by atoms with Crippen molar-refractivity contribution in [3.8, 4) is 0 Å². The van der Waals surface area contributed by atoms with Gasteiger partial charge in [0.15, 0.2) is 0 Å². The molecule has 4 atom stereocenters. The molecule has 0 aromatic heterocycles. The molecule has 3 fully saturated rings. The highest BCUT2D eigenvalue weighted by atomic mass is 35.5. The van der Waals surface area contributed by atoms with Crippen LogP contribution in [0.3, 0.4) is 0 Å². The third-order valence-corrected chi connectivity index (χ3v) is 6.62. The van der Waals surface area contributed by atoms with Crippen molar-refractivity contribution in [1.82, 2.24) is 0 Å². The Morgan fingerprint density at radius 3 is 2.21 bits per heavy atom. The summed E-state index contributed by atoms with van der Waals surface area (Å²) in [6.07, 6.45) is 6.40. The number of nitrogens with zero attached hydrogens (tertiary/aromatic N) is 1. The maximum atomic E-state index is 13.0. The Labute approximate surface area is 142 Å². The molecule has 1 aromatic rings. The molecule has 1 aliphatic heterocycles. The number of carboxylic acid groups (broad SMARTS) is 1. The van der Waals surface area contributed by atoms with E-state index >= 15 is 0 Å². The van der Waals surface area contributed by atoms with Crippen LogP contribution in [0, 0.1) is 29.1 Å². The van der Waals surface area contributed by atoms with Crippen molar-refractivity contribution in [2.45, 2.75) is 12.8 Å². The molecule has 2 amide bonds. The van der Waals surface area contributed by atoms with Crippen molar-refractivity contribution < 1.29 is 19.5 Å². The molecule has 1 N–H and O–H groups in total. The van der Waals surface area contributed by atoms with E-state index in [2.05, 4.69) is 12.2 Å². The number of halogens is 1. The van der Waals surface area contributed by atoms with Crippen molar-refractivity contribution in [2.75, 3.05) is 4.90 Å². The minimum Gasteiger partial charge on any atom is -0.478 e. The third kappa shape index (κ3) is 1.49. The van der Waals surface area contributed by atoms with Crippen molar-refractivity contribution in [1.29, 1.82) is 0 Å². The van der Waals surface area contributed by atoms with E-state index in [0.29, 0.717) is 5.69 Å². The molecular weight excluding hydrogens is 330 g/mol. The monoisotopic (exact) mass is 343 g/mol. The number of imide groups is 1. The topological polar surface area (TPSA) is 74.7 Å².